The van der Waals surface area contributed by atoms with Crippen molar-refractivity contribution in [1.82, 2.24) is 0 Å². The quantitative estimate of drug-likeness (QED) is 0.192. The zero-order valence-electron chi connectivity index (χ0n) is 13.5. The van der Waals surface area contributed by atoms with Gasteiger partial charge in [-0.25, -0.2) is 8.98 Å². The van der Waals surface area contributed by atoms with Crippen LogP contribution in [-0.2, 0) is 33.6 Å². The summed E-state index contributed by atoms with van der Waals surface area (Å²) in [6, 6.07) is 0. The third-order valence-corrected chi connectivity index (χ3v) is 4.57. The number of hydrogen-bond acceptors (Lipinski definition) is 12. The first-order valence-corrected chi connectivity index (χ1v) is 8.97. The van der Waals surface area contributed by atoms with Crippen LogP contribution >= 0.6 is 0 Å². The summed E-state index contributed by atoms with van der Waals surface area (Å²) >= 11 is 0. The molecule has 2 aliphatic heterocycles. The number of rotatable bonds is 7. The van der Waals surface area contributed by atoms with Gasteiger partial charge in [-0.2, -0.15) is 8.42 Å². The molecule has 9 atom stereocenters. The fraction of sp³-hybridized carbons (Fsp3) is 0.917. The van der Waals surface area contributed by atoms with E-state index in [1.807, 2.05) is 0 Å². The lowest BCUT2D eigenvalue weighted by Gasteiger charge is -2.41. The minimum absolute atomic E-state index is 0.660. The third-order valence-electron chi connectivity index (χ3n) is 4.11. The van der Waals surface area contributed by atoms with Gasteiger partial charge in [0.15, 0.2) is 18.5 Å². The Morgan fingerprint density at radius 2 is 1.52 bits per heavy atom. The molecule has 0 bridgehead atoms. The van der Waals surface area contributed by atoms with Crippen molar-refractivity contribution >= 4 is 16.4 Å². The van der Waals surface area contributed by atoms with Crippen molar-refractivity contribution in [2.45, 2.75) is 55.1 Å². The molecule has 14 nitrogen and oxygen atoms in total. The van der Waals surface area contributed by atoms with E-state index in [0.717, 1.165) is 0 Å². The smallest absolute Gasteiger partial charge is 0.397 e. The Labute approximate surface area is 152 Å². The molecular formula is C12H20O14S. The summed E-state index contributed by atoms with van der Waals surface area (Å²) in [5.74, 6) is -1.73. The van der Waals surface area contributed by atoms with E-state index in [0.29, 0.717) is 0 Å². The number of aliphatic hydroxyl groups excluding tert-OH is 5. The molecule has 2 saturated heterocycles. The fourth-order valence-corrected chi connectivity index (χ4v) is 3.31. The van der Waals surface area contributed by atoms with Crippen LogP contribution in [0, 0.1) is 0 Å². The molecule has 0 saturated carbocycles. The van der Waals surface area contributed by atoms with Crippen molar-refractivity contribution < 1.29 is 66.8 Å². The fourth-order valence-electron chi connectivity index (χ4n) is 2.83. The summed E-state index contributed by atoms with van der Waals surface area (Å²) in [7, 11) is -5.19. The number of carboxylic acids is 1. The van der Waals surface area contributed by atoms with Gasteiger partial charge in [0.1, 0.15) is 36.6 Å². The molecule has 0 unspecified atom stereocenters. The maximum Gasteiger partial charge on any atom is 0.397 e. The van der Waals surface area contributed by atoms with Crippen molar-refractivity contribution in [3.63, 3.8) is 0 Å². The van der Waals surface area contributed by atoms with Crippen molar-refractivity contribution in [2.24, 2.45) is 0 Å². The van der Waals surface area contributed by atoms with Gasteiger partial charge >= 0.3 is 16.4 Å². The van der Waals surface area contributed by atoms with E-state index in [4.69, 9.17) is 29.0 Å². The summed E-state index contributed by atoms with van der Waals surface area (Å²) in [5, 5.41) is 57.3. The van der Waals surface area contributed by atoms with Crippen molar-refractivity contribution in [3.05, 3.63) is 0 Å². The Kier molecular flexibility index (Phi) is 7.09. The van der Waals surface area contributed by atoms with E-state index in [-0.39, 0.29) is 0 Å². The van der Waals surface area contributed by atoms with Gasteiger partial charge in [0.2, 0.25) is 0 Å². The van der Waals surface area contributed by atoms with E-state index < -0.39 is 84.7 Å². The van der Waals surface area contributed by atoms with Crippen LogP contribution < -0.4 is 0 Å². The van der Waals surface area contributed by atoms with Crippen LogP contribution in [0.15, 0.2) is 0 Å². The molecule has 0 spiro atoms. The second-order valence-electron chi connectivity index (χ2n) is 5.90. The second kappa shape index (κ2) is 8.58. The summed E-state index contributed by atoms with van der Waals surface area (Å²) in [5.41, 5.74) is 0. The molecular weight excluding hydrogens is 400 g/mol. The van der Waals surface area contributed by atoms with E-state index in [9.17, 15) is 33.6 Å². The molecule has 0 amide bonds. The molecule has 0 aromatic rings. The maximum absolute atomic E-state index is 11.2. The Morgan fingerprint density at radius 1 is 0.926 bits per heavy atom. The predicted octanol–water partition coefficient (Wildman–Crippen LogP) is -4.80. The zero-order valence-corrected chi connectivity index (χ0v) is 14.3. The van der Waals surface area contributed by atoms with Crippen molar-refractivity contribution in [3.8, 4) is 0 Å². The van der Waals surface area contributed by atoms with Crippen LogP contribution in [0.5, 0.6) is 0 Å². The molecule has 0 radical (unpaired) electrons. The maximum atomic E-state index is 11.2. The first-order chi connectivity index (χ1) is 12.5. The molecule has 0 aromatic heterocycles. The molecule has 158 valence electrons. The van der Waals surface area contributed by atoms with E-state index in [1.165, 1.54) is 0 Å². The number of aliphatic carboxylic acids is 1. The largest absolute Gasteiger partial charge is 0.479 e. The lowest BCUT2D eigenvalue weighted by atomic mass is 9.98. The van der Waals surface area contributed by atoms with Gasteiger partial charge in [-0.05, 0) is 0 Å². The van der Waals surface area contributed by atoms with Crippen LogP contribution in [0.25, 0.3) is 0 Å². The van der Waals surface area contributed by atoms with Gasteiger partial charge in [-0.15, -0.1) is 0 Å². The molecule has 0 aliphatic carbocycles. The van der Waals surface area contributed by atoms with Crippen molar-refractivity contribution in [1.29, 1.82) is 0 Å². The summed E-state index contributed by atoms with van der Waals surface area (Å²) < 4.78 is 50.3. The molecule has 27 heavy (non-hydrogen) atoms. The topological polar surface area (TPSA) is 230 Å². The van der Waals surface area contributed by atoms with Gasteiger partial charge in [0.25, 0.3) is 0 Å². The first kappa shape index (κ1) is 22.3. The summed E-state index contributed by atoms with van der Waals surface area (Å²) in [4.78, 5) is 11.2. The summed E-state index contributed by atoms with van der Waals surface area (Å²) in [6.07, 6.45) is -15.9. The van der Waals surface area contributed by atoms with Gasteiger partial charge in [0, 0.05) is 0 Å². The molecule has 2 fully saturated rings. The SMILES string of the molecule is O=C(O)[C@H]1O[C@@H](O[C@H]2[C@H](O)[C@@H](CO)O[C@@H]2CO)[C@H](OS(=O)(=O)O)[C@@H](O)[C@@H]1O. The Bertz CT molecular complexity index is 622. The Hall–Kier alpha value is -0.980. The highest BCUT2D eigenvalue weighted by molar-refractivity contribution is 7.80. The molecule has 15 heteroatoms. The zero-order chi connectivity index (χ0) is 20.5. The summed E-state index contributed by atoms with van der Waals surface area (Å²) in [6.45, 7) is -1.37. The number of ether oxygens (including phenoxy) is 3. The highest BCUT2D eigenvalue weighted by atomic mass is 32.3. The van der Waals surface area contributed by atoms with Crippen LogP contribution in [0.2, 0.25) is 0 Å². The third kappa shape index (κ3) is 4.90. The van der Waals surface area contributed by atoms with E-state index >= 15 is 0 Å². The molecule has 0 aromatic carbocycles. The first-order valence-electron chi connectivity index (χ1n) is 7.61. The minimum atomic E-state index is -5.19. The monoisotopic (exact) mass is 420 g/mol. The standard InChI is InChI=1S/C12H20O14S/c13-1-3-5(15)8(4(2-14)23-3)24-12-10(26-27(20,21)22)7(17)6(16)9(25-12)11(18)19/h3-10,12-17H,1-2H2,(H,18,19)(H,20,21,22)/t3-,4-,5-,6+,7+,8-,9+,10-,12-/m1/s1. The lowest BCUT2D eigenvalue weighted by Crippen LogP contribution is -2.62. The van der Waals surface area contributed by atoms with E-state index in [2.05, 4.69) is 4.18 Å². The number of carboxylic acid groups (broad SMARTS) is 1. The Morgan fingerprint density at radius 3 is 2.00 bits per heavy atom. The number of carbonyl (C=O) groups is 1. The van der Waals surface area contributed by atoms with Crippen LogP contribution in [0.3, 0.4) is 0 Å². The molecule has 7 N–H and O–H groups in total. The van der Waals surface area contributed by atoms with Gasteiger partial charge in [-0.3, -0.25) is 4.55 Å². The van der Waals surface area contributed by atoms with Crippen LogP contribution in [-0.4, -0.2) is 118 Å². The second-order valence-corrected chi connectivity index (χ2v) is 6.95. The predicted molar refractivity (Wildman–Crippen MR) is 78.4 cm³/mol. The molecule has 2 heterocycles. The van der Waals surface area contributed by atoms with Gasteiger partial charge in [-0.1, -0.05) is 0 Å². The average Bonchev–Trinajstić information content (AvgIpc) is 2.88. The van der Waals surface area contributed by atoms with Crippen molar-refractivity contribution in [2.75, 3.05) is 13.2 Å². The van der Waals surface area contributed by atoms with Gasteiger partial charge in [0.05, 0.1) is 13.2 Å². The van der Waals surface area contributed by atoms with Crippen LogP contribution in [0.4, 0.5) is 0 Å². The highest BCUT2D eigenvalue weighted by Gasteiger charge is 2.53. The number of aliphatic hydroxyl groups is 5. The average molecular weight is 420 g/mol. The lowest BCUT2D eigenvalue weighted by molar-refractivity contribution is -0.306. The Balaban J connectivity index is 2.29. The molecule has 2 rings (SSSR count). The normalized spacial score (nSPS) is 43.0. The highest BCUT2D eigenvalue weighted by Crippen LogP contribution is 2.31. The minimum Gasteiger partial charge on any atom is -0.479 e. The van der Waals surface area contributed by atoms with Gasteiger partial charge < -0.3 is 44.8 Å². The molecule has 2 aliphatic rings. The van der Waals surface area contributed by atoms with Crippen LogP contribution in [0.1, 0.15) is 0 Å². The number of hydrogen-bond donors (Lipinski definition) is 7. The van der Waals surface area contributed by atoms with E-state index in [1.54, 1.807) is 0 Å².